The molecule has 2 aliphatic rings. The first-order valence-electron chi connectivity index (χ1n) is 7.54. The molecule has 2 unspecified atom stereocenters. The van der Waals surface area contributed by atoms with E-state index in [1.807, 2.05) is 0 Å². The zero-order chi connectivity index (χ0) is 16.1. The van der Waals surface area contributed by atoms with Crippen LogP contribution >= 0.6 is 0 Å². The molecule has 2 saturated carbocycles. The molecule has 5 heteroatoms. The van der Waals surface area contributed by atoms with Crippen molar-refractivity contribution in [1.29, 1.82) is 0 Å². The molecule has 5 nitrogen and oxygen atoms in total. The molecule has 2 atom stereocenters. The molecule has 0 saturated heterocycles. The van der Waals surface area contributed by atoms with Crippen molar-refractivity contribution in [3.05, 3.63) is 46.5 Å². The zero-order valence-electron chi connectivity index (χ0n) is 12.9. The molecule has 1 N–H and O–H groups in total. The summed E-state index contributed by atoms with van der Waals surface area (Å²) in [6.07, 6.45) is 2.59. The van der Waals surface area contributed by atoms with Gasteiger partial charge in [0, 0.05) is 6.07 Å². The highest BCUT2D eigenvalue weighted by Crippen LogP contribution is 2.65. The van der Waals surface area contributed by atoms with E-state index in [1.54, 1.807) is 18.2 Å². The lowest BCUT2D eigenvalue weighted by Gasteiger charge is -2.37. The van der Waals surface area contributed by atoms with Crippen molar-refractivity contribution in [3.63, 3.8) is 0 Å². The third-order valence-electron chi connectivity index (χ3n) is 5.67. The zero-order valence-corrected chi connectivity index (χ0v) is 12.9. The van der Waals surface area contributed by atoms with Gasteiger partial charge in [-0.1, -0.05) is 38.1 Å². The molecule has 1 aromatic rings. The first-order valence-corrected chi connectivity index (χ1v) is 7.54. The van der Waals surface area contributed by atoms with E-state index < -0.39 is 10.3 Å². The topological polar surface area (TPSA) is 72.2 Å². The number of nitrogens with zero attached hydrogens (tertiary/aromatic N) is 1. The minimum atomic E-state index is -0.572. The van der Waals surface area contributed by atoms with Crippen LogP contribution in [0.25, 0.3) is 0 Å². The SMILES string of the molecule is C=C1C2(C(=O)Nc3ccccc3[N+](=O)[O-])CCC(C2)C1(C)C. The Morgan fingerprint density at radius 2 is 2.09 bits per heavy atom. The van der Waals surface area contributed by atoms with Crippen molar-refractivity contribution < 1.29 is 9.72 Å². The number of nitro groups is 1. The lowest BCUT2D eigenvalue weighted by molar-refractivity contribution is -0.383. The van der Waals surface area contributed by atoms with Gasteiger partial charge >= 0.3 is 0 Å². The molecule has 116 valence electrons. The number of nitro benzene ring substituents is 1. The number of hydrogen-bond acceptors (Lipinski definition) is 3. The number of rotatable bonds is 3. The fourth-order valence-electron chi connectivity index (χ4n) is 4.12. The second kappa shape index (κ2) is 4.66. The number of anilines is 1. The molecule has 1 amide bonds. The normalized spacial score (nSPS) is 28.6. The van der Waals surface area contributed by atoms with Crippen molar-refractivity contribution in [2.45, 2.75) is 33.1 Å². The van der Waals surface area contributed by atoms with E-state index in [2.05, 4.69) is 25.7 Å². The van der Waals surface area contributed by atoms with Crippen molar-refractivity contribution >= 4 is 17.3 Å². The Bertz CT molecular complexity index is 680. The van der Waals surface area contributed by atoms with Crippen LogP contribution < -0.4 is 5.32 Å². The van der Waals surface area contributed by atoms with Gasteiger partial charge in [0.05, 0.1) is 10.3 Å². The Labute approximate surface area is 129 Å². The molecule has 2 bridgehead atoms. The van der Waals surface area contributed by atoms with Gasteiger partial charge in [0.1, 0.15) is 5.69 Å². The summed E-state index contributed by atoms with van der Waals surface area (Å²) in [6.45, 7) is 8.46. The van der Waals surface area contributed by atoms with Gasteiger partial charge in [-0.2, -0.15) is 0 Å². The number of para-hydroxylation sites is 2. The summed E-state index contributed by atoms with van der Waals surface area (Å²) >= 11 is 0. The Morgan fingerprint density at radius 1 is 1.41 bits per heavy atom. The van der Waals surface area contributed by atoms with E-state index in [-0.39, 0.29) is 22.7 Å². The Kier molecular flexibility index (Phi) is 3.13. The Balaban J connectivity index is 1.91. The molecule has 2 fully saturated rings. The molecule has 0 aromatic heterocycles. The maximum Gasteiger partial charge on any atom is 0.292 e. The van der Waals surface area contributed by atoms with Gasteiger partial charge in [0.25, 0.3) is 5.69 Å². The summed E-state index contributed by atoms with van der Waals surface area (Å²) in [5.74, 6) is 0.316. The van der Waals surface area contributed by atoms with Crippen molar-refractivity contribution in [1.82, 2.24) is 0 Å². The number of hydrogen-bond donors (Lipinski definition) is 1. The average Bonchev–Trinajstić information content (AvgIpc) is 2.99. The van der Waals surface area contributed by atoms with Crippen LogP contribution in [0.3, 0.4) is 0 Å². The van der Waals surface area contributed by atoms with Crippen LogP contribution in [-0.2, 0) is 4.79 Å². The number of amides is 1. The van der Waals surface area contributed by atoms with Gasteiger partial charge in [-0.05, 0) is 36.7 Å². The van der Waals surface area contributed by atoms with Gasteiger partial charge in [0.2, 0.25) is 5.91 Å². The minimum absolute atomic E-state index is 0.0434. The fraction of sp³-hybridized carbons (Fsp3) is 0.471. The predicted molar refractivity (Wildman–Crippen MR) is 84.4 cm³/mol. The summed E-state index contributed by atoms with van der Waals surface area (Å²) in [7, 11) is 0. The lowest BCUT2D eigenvalue weighted by atomic mass is 9.68. The van der Waals surface area contributed by atoms with Crippen LogP contribution in [0.2, 0.25) is 0 Å². The van der Waals surface area contributed by atoms with E-state index in [1.165, 1.54) is 6.07 Å². The average molecular weight is 300 g/mol. The van der Waals surface area contributed by atoms with Crippen LogP contribution in [0.15, 0.2) is 36.4 Å². The van der Waals surface area contributed by atoms with Crippen LogP contribution in [0.1, 0.15) is 33.1 Å². The number of carbonyl (C=O) groups is 1. The summed E-state index contributed by atoms with van der Waals surface area (Å²) in [6, 6.07) is 6.25. The second-order valence-electron chi connectivity index (χ2n) is 6.95. The quantitative estimate of drug-likeness (QED) is 0.522. The monoisotopic (exact) mass is 300 g/mol. The number of fused-ring (bicyclic) bond motifs is 2. The van der Waals surface area contributed by atoms with Gasteiger partial charge < -0.3 is 5.32 Å². The van der Waals surface area contributed by atoms with Crippen molar-refractivity contribution in [3.8, 4) is 0 Å². The summed E-state index contributed by atoms with van der Waals surface area (Å²) < 4.78 is 0. The molecule has 1 aromatic carbocycles. The maximum absolute atomic E-state index is 12.9. The van der Waals surface area contributed by atoms with E-state index in [4.69, 9.17) is 0 Å². The first kappa shape index (κ1) is 14.8. The Morgan fingerprint density at radius 3 is 2.68 bits per heavy atom. The van der Waals surface area contributed by atoms with Crippen molar-refractivity contribution in [2.75, 3.05) is 5.32 Å². The third-order valence-corrected chi connectivity index (χ3v) is 5.67. The number of carbonyl (C=O) groups excluding carboxylic acids is 1. The molecule has 0 aliphatic heterocycles. The first-order chi connectivity index (χ1) is 10.3. The highest BCUT2D eigenvalue weighted by Gasteiger charge is 2.60. The molecule has 0 heterocycles. The van der Waals surface area contributed by atoms with E-state index in [0.29, 0.717) is 5.92 Å². The minimum Gasteiger partial charge on any atom is -0.320 e. The molecular weight excluding hydrogens is 280 g/mol. The molecular formula is C17H20N2O3. The van der Waals surface area contributed by atoms with E-state index in [9.17, 15) is 14.9 Å². The predicted octanol–water partition coefficient (Wildman–Crippen LogP) is 3.92. The second-order valence-corrected chi connectivity index (χ2v) is 6.95. The van der Waals surface area contributed by atoms with E-state index in [0.717, 1.165) is 24.8 Å². The largest absolute Gasteiger partial charge is 0.320 e. The summed E-state index contributed by atoms with van der Waals surface area (Å²) in [5.41, 5.74) is 0.528. The van der Waals surface area contributed by atoms with E-state index >= 15 is 0 Å². The number of nitrogens with one attached hydrogen (secondary N) is 1. The fourth-order valence-corrected chi connectivity index (χ4v) is 4.12. The van der Waals surface area contributed by atoms with Gasteiger partial charge in [-0.25, -0.2) is 0 Å². The molecule has 3 rings (SSSR count). The highest BCUT2D eigenvalue weighted by molar-refractivity contribution is 6.00. The van der Waals surface area contributed by atoms with Crippen LogP contribution in [0.4, 0.5) is 11.4 Å². The maximum atomic E-state index is 12.9. The number of benzene rings is 1. The van der Waals surface area contributed by atoms with Gasteiger partial charge in [0.15, 0.2) is 0 Å². The van der Waals surface area contributed by atoms with Crippen molar-refractivity contribution in [2.24, 2.45) is 16.7 Å². The van der Waals surface area contributed by atoms with Crippen LogP contribution in [0, 0.1) is 26.9 Å². The highest BCUT2D eigenvalue weighted by atomic mass is 16.6. The molecule has 22 heavy (non-hydrogen) atoms. The molecule has 0 radical (unpaired) electrons. The molecule has 0 spiro atoms. The molecule has 2 aliphatic carbocycles. The smallest absolute Gasteiger partial charge is 0.292 e. The third kappa shape index (κ3) is 1.88. The lowest BCUT2D eigenvalue weighted by Crippen LogP contribution is -2.37. The van der Waals surface area contributed by atoms with Crippen LogP contribution in [0.5, 0.6) is 0 Å². The van der Waals surface area contributed by atoms with Gasteiger partial charge in [-0.3, -0.25) is 14.9 Å². The van der Waals surface area contributed by atoms with Gasteiger partial charge in [-0.15, -0.1) is 0 Å². The standard InChI is InChI=1S/C17H20N2O3/c1-11-16(2,3)12-8-9-17(11,10-12)15(20)18-13-6-4-5-7-14(13)19(21)22/h4-7,12H,1,8-10H2,2-3H3,(H,18,20). The summed E-state index contributed by atoms with van der Waals surface area (Å²) in [5, 5.41) is 13.9. The Hall–Kier alpha value is -2.17. The summed E-state index contributed by atoms with van der Waals surface area (Å²) in [4.78, 5) is 23.5. The van der Waals surface area contributed by atoms with Crippen LogP contribution in [-0.4, -0.2) is 10.8 Å².